The normalized spacial score (nSPS) is 9.92. The second-order valence-corrected chi connectivity index (χ2v) is 3.71. The van der Waals surface area contributed by atoms with Gasteiger partial charge in [0.05, 0.1) is 5.56 Å². The molecule has 0 spiro atoms. The van der Waals surface area contributed by atoms with Crippen molar-refractivity contribution in [3.8, 4) is 0 Å². The first-order valence-electron chi connectivity index (χ1n) is 3.25. The zero-order valence-corrected chi connectivity index (χ0v) is 8.82. The summed E-state index contributed by atoms with van der Waals surface area (Å²) < 4.78 is 0.843. The van der Waals surface area contributed by atoms with Crippen molar-refractivity contribution in [3.05, 3.63) is 27.7 Å². The molecule has 64 valence electrons. The lowest BCUT2D eigenvalue weighted by atomic mass is 10.1. The van der Waals surface area contributed by atoms with E-state index in [9.17, 15) is 4.79 Å². The van der Waals surface area contributed by atoms with Gasteiger partial charge in [-0.15, -0.1) is 12.6 Å². The monoisotopic (exact) mass is 246 g/mol. The molecule has 0 heterocycles. The van der Waals surface area contributed by atoms with Gasteiger partial charge in [0.15, 0.2) is 0 Å². The van der Waals surface area contributed by atoms with Crippen LogP contribution in [0.5, 0.6) is 0 Å². The van der Waals surface area contributed by atoms with Crippen molar-refractivity contribution in [1.82, 2.24) is 0 Å². The van der Waals surface area contributed by atoms with Crippen LogP contribution in [0.3, 0.4) is 0 Å². The van der Waals surface area contributed by atoms with E-state index in [-0.39, 0.29) is 5.56 Å². The van der Waals surface area contributed by atoms with Crippen LogP contribution < -0.4 is 0 Å². The first-order valence-corrected chi connectivity index (χ1v) is 4.49. The molecule has 4 heteroatoms. The van der Waals surface area contributed by atoms with Gasteiger partial charge in [-0.05, 0) is 40.5 Å². The number of aryl methyl sites for hydroxylation is 1. The minimum absolute atomic E-state index is 0.265. The predicted molar refractivity (Wildman–Crippen MR) is 53.1 cm³/mol. The lowest BCUT2D eigenvalue weighted by molar-refractivity contribution is 0.0696. The van der Waals surface area contributed by atoms with Crippen LogP contribution in [0.15, 0.2) is 21.5 Å². The Morgan fingerprint density at radius 3 is 2.58 bits per heavy atom. The highest BCUT2D eigenvalue weighted by atomic mass is 79.9. The van der Waals surface area contributed by atoms with E-state index in [1.807, 2.05) is 6.92 Å². The molecule has 1 aromatic rings. The van der Waals surface area contributed by atoms with E-state index in [2.05, 4.69) is 28.6 Å². The Bertz CT molecular complexity index is 313. The number of carbonyl (C=O) groups is 1. The zero-order valence-electron chi connectivity index (χ0n) is 6.34. The van der Waals surface area contributed by atoms with Crippen molar-refractivity contribution in [1.29, 1.82) is 0 Å². The zero-order chi connectivity index (χ0) is 9.30. The molecular weight excluding hydrogens is 240 g/mol. The fraction of sp³-hybridized carbons (Fsp3) is 0.125. The van der Waals surface area contributed by atoms with Gasteiger partial charge in [0.2, 0.25) is 0 Å². The van der Waals surface area contributed by atoms with E-state index in [4.69, 9.17) is 5.11 Å². The predicted octanol–water partition coefficient (Wildman–Crippen LogP) is 2.74. The van der Waals surface area contributed by atoms with Crippen LogP contribution in [0.2, 0.25) is 0 Å². The van der Waals surface area contributed by atoms with E-state index in [1.54, 1.807) is 6.07 Å². The van der Waals surface area contributed by atoms with Gasteiger partial charge in [-0.25, -0.2) is 4.79 Å². The number of rotatable bonds is 1. The third kappa shape index (κ3) is 1.81. The second-order valence-electron chi connectivity index (χ2n) is 2.43. The van der Waals surface area contributed by atoms with Crippen LogP contribution in [-0.2, 0) is 0 Å². The first kappa shape index (κ1) is 9.61. The van der Waals surface area contributed by atoms with Gasteiger partial charge in [0, 0.05) is 9.37 Å². The summed E-state index contributed by atoms with van der Waals surface area (Å²) in [6.07, 6.45) is 0. The quantitative estimate of drug-likeness (QED) is 0.748. The standard InChI is InChI=1S/C8H7BrO2S/c1-4-2-5(8(10)11)3-6(12)7(4)9/h2-3,12H,1H3,(H,10,11). The van der Waals surface area contributed by atoms with Crippen molar-refractivity contribution in [2.75, 3.05) is 0 Å². The third-order valence-corrected chi connectivity index (χ3v) is 3.19. The van der Waals surface area contributed by atoms with Gasteiger partial charge >= 0.3 is 5.97 Å². The molecule has 1 rings (SSSR count). The summed E-state index contributed by atoms with van der Waals surface area (Å²) in [7, 11) is 0. The summed E-state index contributed by atoms with van der Waals surface area (Å²) in [5.74, 6) is -0.930. The number of hydrogen-bond donors (Lipinski definition) is 2. The van der Waals surface area contributed by atoms with E-state index >= 15 is 0 Å². The molecule has 0 aromatic heterocycles. The molecule has 2 nitrogen and oxygen atoms in total. The molecule has 0 aliphatic carbocycles. The molecule has 0 bridgehead atoms. The molecule has 0 fully saturated rings. The minimum Gasteiger partial charge on any atom is -0.478 e. The SMILES string of the molecule is Cc1cc(C(=O)O)cc(S)c1Br. The first-order chi connectivity index (χ1) is 5.52. The highest BCUT2D eigenvalue weighted by Gasteiger charge is 2.07. The van der Waals surface area contributed by atoms with Gasteiger partial charge in [0.25, 0.3) is 0 Å². The highest BCUT2D eigenvalue weighted by molar-refractivity contribution is 9.10. The molecular formula is C8H7BrO2S. The number of carboxylic acid groups (broad SMARTS) is 1. The van der Waals surface area contributed by atoms with Gasteiger partial charge in [-0.1, -0.05) is 0 Å². The van der Waals surface area contributed by atoms with Gasteiger partial charge in [-0.2, -0.15) is 0 Å². The van der Waals surface area contributed by atoms with Crippen molar-refractivity contribution in [2.24, 2.45) is 0 Å². The molecule has 0 saturated heterocycles. The largest absolute Gasteiger partial charge is 0.478 e. The maximum Gasteiger partial charge on any atom is 0.335 e. The molecule has 1 N–H and O–H groups in total. The van der Waals surface area contributed by atoms with E-state index in [0.29, 0.717) is 4.90 Å². The summed E-state index contributed by atoms with van der Waals surface area (Å²) >= 11 is 7.41. The number of halogens is 1. The van der Waals surface area contributed by atoms with Gasteiger partial charge < -0.3 is 5.11 Å². The number of thiol groups is 1. The molecule has 0 aliphatic heterocycles. The fourth-order valence-corrected chi connectivity index (χ4v) is 1.42. The number of carboxylic acids is 1. The molecule has 0 atom stereocenters. The highest BCUT2D eigenvalue weighted by Crippen LogP contribution is 2.25. The number of aromatic carboxylic acids is 1. The summed E-state index contributed by atoms with van der Waals surface area (Å²) in [6, 6.07) is 3.12. The maximum atomic E-state index is 10.6. The summed E-state index contributed by atoms with van der Waals surface area (Å²) in [4.78, 5) is 11.2. The Morgan fingerprint density at radius 2 is 2.17 bits per heavy atom. The average molecular weight is 247 g/mol. The topological polar surface area (TPSA) is 37.3 Å². The van der Waals surface area contributed by atoms with Crippen molar-refractivity contribution >= 4 is 34.5 Å². The van der Waals surface area contributed by atoms with Crippen LogP contribution in [0.4, 0.5) is 0 Å². The lowest BCUT2D eigenvalue weighted by Crippen LogP contribution is -1.97. The van der Waals surface area contributed by atoms with Crippen LogP contribution in [0.1, 0.15) is 15.9 Å². The lowest BCUT2D eigenvalue weighted by Gasteiger charge is -2.03. The van der Waals surface area contributed by atoms with Crippen LogP contribution in [0, 0.1) is 6.92 Å². The molecule has 0 aliphatic rings. The Labute approximate surface area is 84.1 Å². The van der Waals surface area contributed by atoms with E-state index in [1.165, 1.54) is 6.07 Å². The van der Waals surface area contributed by atoms with E-state index in [0.717, 1.165) is 10.0 Å². The van der Waals surface area contributed by atoms with Crippen LogP contribution in [0.25, 0.3) is 0 Å². The smallest absolute Gasteiger partial charge is 0.335 e. The summed E-state index contributed by atoms with van der Waals surface area (Å²) in [5, 5.41) is 8.68. The second kappa shape index (κ2) is 3.49. The minimum atomic E-state index is -0.930. The average Bonchev–Trinajstić information content (AvgIpc) is 1.99. The Kier molecular flexibility index (Phi) is 2.80. The number of benzene rings is 1. The Hall–Kier alpha value is -0.480. The van der Waals surface area contributed by atoms with Gasteiger partial charge in [-0.3, -0.25) is 0 Å². The van der Waals surface area contributed by atoms with Crippen molar-refractivity contribution in [3.63, 3.8) is 0 Å². The van der Waals surface area contributed by atoms with Crippen LogP contribution >= 0.6 is 28.6 Å². The van der Waals surface area contributed by atoms with E-state index < -0.39 is 5.97 Å². The van der Waals surface area contributed by atoms with Gasteiger partial charge in [0.1, 0.15) is 0 Å². The molecule has 12 heavy (non-hydrogen) atoms. The molecule has 0 saturated carbocycles. The molecule has 0 unspecified atom stereocenters. The molecule has 0 radical (unpaired) electrons. The molecule has 0 amide bonds. The van der Waals surface area contributed by atoms with Crippen molar-refractivity contribution in [2.45, 2.75) is 11.8 Å². The fourth-order valence-electron chi connectivity index (χ4n) is 0.874. The number of hydrogen-bond acceptors (Lipinski definition) is 2. The van der Waals surface area contributed by atoms with Crippen molar-refractivity contribution < 1.29 is 9.90 Å². The summed E-state index contributed by atoms with van der Waals surface area (Å²) in [5.41, 5.74) is 1.14. The van der Waals surface area contributed by atoms with Crippen LogP contribution in [-0.4, -0.2) is 11.1 Å². The Morgan fingerprint density at radius 1 is 1.58 bits per heavy atom. The third-order valence-electron chi connectivity index (χ3n) is 1.48. The summed E-state index contributed by atoms with van der Waals surface area (Å²) in [6.45, 7) is 1.83. The molecule has 1 aromatic carbocycles. The Balaban J connectivity index is 3.31. The maximum absolute atomic E-state index is 10.6.